The molecule has 1 atom stereocenters. The molecule has 0 aliphatic heterocycles. The van der Waals surface area contributed by atoms with Crippen LogP contribution in [0.3, 0.4) is 0 Å². The topological polar surface area (TPSA) is 90.7 Å². The van der Waals surface area contributed by atoms with Crippen molar-refractivity contribution in [2.24, 2.45) is 0 Å². The number of rotatable bonds is 7. The zero-order chi connectivity index (χ0) is 17.5. The maximum absolute atomic E-state index is 12.2. The largest absolute Gasteiger partial charge is 0.494 e. The minimum atomic E-state index is -0.891. The zero-order valence-corrected chi connectivity index (χ0v) is 13.4. The molecule has 7 nitrogen and oxygen atoms in total. The Morgan fingerprint density at radius 1 is 1.21 bits per heavy atom. The van der Waals surface area contributed by atoms with Crippen LogP contribution in [0.4, 0.5) is 11.4 Å². The Hall–Kier alpha value is -3.09. The summed E-state index contributed by atoms with van der Waals surface area (Å²) in [4.78, 5) is 22.6. The SMILES string of the molecule is CCOc1ccc(NC(=O)[C@H](C)Oc2ccccc2[N+](=O)[O-])cc1. The third-order valence-corrected chi connectivity index (χ3v) is 3.17. The maximum atomic E-state index is 12.2. The number of ether oxygens (including phenoxy) is 2. The van der Waals surface area contributed by atoms with E-state index in [1.54, 1.807) is 30.3 Å². The first-order chi connectivity index (χ1) is 11.5. The van der Waals surface area contributed by atoms with E-state index in [1.807, 2.05) is 6.92 Å². The van der Waals surface area contributed by atoms with Crippen LogP contribution in [-0.4, -0.2) is 23.5 Å². The molecule has 24 heavy (non-hydrogen) atoms. The molecule has 0 unspecified atom stereocenters. The van der Waals surface area contributed by atoms with Crippen LogP contribution >= 0.6 is 0 Å². The van der Waals surface area contributed by atoms with Gasteiger partial charge in [-0.3, -0.25) is 14.9 Å². The van der Waals surface area contributed by atoms with Crippen LogP contribution in [0, 0.1) is 10.1 Å². The van der Waals surface area contributed by atoms with Gasteiger partial charge in [-0.1, -0.05) is 12.1 Å². The van der Waals surface area contributed by atoms with Gasteiger partial charge in [0, 0.05) is 11.8 Å². The van der Waals surface area contributed by atoms with Crippen molar-refractivity contribution in [1.29, 1.82) is 0 Å². The molecule has 0 heterocycles. The fourth-order valence-corrected chi connectivity index (χ4v) is 2.00. The van der Waals surface area contributed by atoms with Crippen molar-refractivity contribution in [2.75, 3.05) is 11.9 Å². The lowest BCUT2D eigenvalue weighted by molar-refractivity contribution is -0.386. The molecule has 2 aromatic rings. The highest BCUT2D eigenvalue weighted by Crippen LogP contribution is 2.27. The maximum Gasteiger partial charge on any atom is 0.310 e. The van der Waals surface area contributed by atoms with Crippen molar-refractivity contribution in [3.05, 3.63) is 58.6 Å². The number of carbonyl (C=O) groups excluding carboxylic acids is 1. The molecule has 0 aromatic heterocycles. The number of para-hydroxylation sites is 2. The van der Waals surface area contributed by atoms with E-state index in [2.05, 4.69) is 5.32 Å². The van der Waals surface area contributed by atoms with Crippen LogP contribution in [0.5, 0.6) is 11.5 Å². The molecule has 0 bridgehead atoms. The van der Waals surface area contributed by atoms with Crippen molar-refractivity contribution < 1.29 is 19.2 Å². The van der Waals surface area contributed by atoms with E-state index in [9.17, 15) is 14.9 Å². The van der Waals surface area contributed by atoms with Gasteiger partial charge in [0.05, 0.1) is 11.5 Å². The Bertz CT molecular complexity index is 715. The first-order valence-corrected chi connectivity index (χ1v) is 7.45. The van der Waals surface area contributed by atoms with Gasteiger partial charge in [0.2, 0.25) is 0 Å². The number of amides is 1. The van der Waals surface area contributed by atoms with Crippen LogP contribution in [0.1, 0.15) is 13.8 Å². The molecule has 7 heteroatoms. The van der Waals surface area contributed by atoms with E-state index in [-0.39, 0.29) is 11.4 Å². The molecule has 126 valence electrons. The number of nitrogens with one attached hydrogen (secondary N) is 1. The minimum Gasteiger partial charge on any atom is -0.494 e. The fraction of sp³-hybridized carbons (Fsp3) is 0.235. The van der Waals surface area contributed by atoms with Gasteiger partial charge in [0.15, 0.2) is 11.9 Å². The number of nitro groups is 1. The summed E-state index contributed by atoms with van der Waals surface area (Å²) in [6, 6.07) is 12.8. The normalized spacial score (nSPS) is 11.4. The average Bonchev–Trinajstić information content (AvgIpc) is 2.57. The number of nitrogens with zero attached hydrogens (tertiary/aromatic N) is 1. The molecule has 2 aromatic carbocycles. The number of nitro benzene ring substituents is 1. The molecular weight excluding hydrogens is 312 g/mol. The van der Waals surface area contributed by atoms with Crippen molar-refractivity contribution in [1.82, 2.24) is 0 Å². The molecular formula is C17H18N2O5. The number of benzene rings is 2. The van der Waals surface area contributed by atoms with E-state index in [0.29, 0.717) is 18.0 Å². The van der Waals surface area contributed by atoms with Crippen LogP contribution in [-0.2, 0) is 4.79 Å². The third kappa shape index (κ3) is 4.45. The van der Waals surface area contributed by atoms with Gasteiger partial charge in [-0.2, -0.15) is 0 Å². The number of anilines is 1. The van der Waals surface area contributed by atoms with Crippen molar-refractivity contribution >= 4 is 17.3 Å². The summed E-state index contributed by atoms with van der Waals surface area (Å²) in [5, 5.41) is 13.7. The highest BCUT2D eigenvalue weighted by Gasteiger charge is 2.20. The summed E-state index contributed by atoms with van der Waals surface area (Å²) < 4.78 is 10.8. The number of hydrogen-bond acceptors (Lipinski definition) is 5. The van der Waals surface area contributed by atoms with E-state index in [0.717, 1.165) is 0 Å². The second kappa shape index (κ2) is 7.96. The first kappa shape index (κ1) is 17.3. The summed E-state index contributed by atoms with van der Waals surface area (Å²) in [6.45, 7) is 3.98. The quantitative estimate of drug-likeness (QED) is 0.620. The Morgan fingerprint density at radius 3 is 2.50 bits per heavy atom. The lowest BCUT2D eigenvalue weighted by Gasteiger charge is -2.15. The van der Waals surface area contributed by atoms with Gasteiger partial charge in [-0.15, -0.1) is 0 Å². The molecule has 0 spiro atoms. The summed E-state index contributed by atoms with van der Waals surface area (Å²) in [5.74, 6) is 0.355. The fourth-order valence-electron chi connectivity index (χ4n) is 2.00. The van der Waals surface area contributed by atoms with E-state index in [4.69, 9.17) is 9.47 Å². The molecule has 0 aliphatic rings. The molecule has 0 fully saturated rings. The minimum absolute atomic E-state index is 0.0526. The van der Waals surface area contributed by atoms with E-state index in [1.165, 1.54) is 25.1 Å². The molecule has 0 aliphatic carbocycles. The molecule has 2 rings (SSSR count). The van der Waals surface area contributed by atoms with Crippen molar-refractivity contribution in [3.8, 4) is 11.5 Å². The van der Waals surface area contributed by atoms with Gasteiger partial charge < -0.3 is 14.8 Å². The van der Waals surface area contributed by atoms with Gasteiger partial charge in [0.1, 0.15) is 5.75 Å². The Balaban J connectivity index is 2.01. The average molecular weight is 330 g/mol. The summed E-state index contributed by atoms with van der Waals surface area (Å²) in [6.07, 6.45) is -0.891. The highest BCUT2D eigenvalue weighted by molar-refractivity contribution is 5.94. The summed E-state index contributed by atoms with van der Waals surface area (Å²) in [7, 11) is 0. The third-order valence-electron chi connectivity index (χ3n) is 3.17. The lowest BCUT2D eigenvalue weighted by Crippen LogP contribution is -2.30. The van der Waals surface area contributed by atoms with Crippen LogP contribution in [0.15, 0.2) is 48.5 Å². The molecule has 1 amide bonds. The van der Waals surface area contributed by atoms with Crippen LogP contribution in [0.25, 0.3) is 0 Å². The predicted molar refractivity (Wildman–Crippen MR) is 89.4 cm³/mol. The van der Waals surface area contributed by atoms with Gasteiger partial charge >= 0.3 is 5.69 Å². The molecule has 0 radical (unpaired) electrons. The number of hydrogen-bond donors (Lipinski definition) is 1. The molecule has 1 N–H and O–H groups in total. The second-order valence-electron chi connectivity index (χ2n) is 4.93. The standard InChI is InChI=1S/C17H18N2O5/c1-3-23-14-10-8-13(9-11-14)18-17(20)12(2)24-16-7-5-4-6-15(16)19(21)22/h4-12H,3H2,1-2H3,(H,18,20)/t12-/m0/s1. The Morgan fingerprint density at radius 2 is 1.88 bits per heavy atom. The van der Waals surface area contributed by atoms with Crippen molar-refractivity contribution in [3.63, 3.8) is 0 Å². The van der Waals surface area contributed by atoms with Gasteiger partial charge in [-0.25, -0.2) is 0 Å². The zero-order valence-electron chi connectivity index (χ0n) is 13.4. The summed E-state index contributed by atoms with van der Waals surface area (Å²) >= 11 is 0. The lowest BCUT2D eigenvalue weighted by atomic mass is 10.2. The van der Waals surface area contributed by atoms with E-state index >= 15 is 0 Å². The van der Waals surface area contributed by atoms with Crippen LogP contribution in [0.2, 0.25) is 0 Å². The Labute approximate surface area is 139 Å². The smallest absolute Gasteiger partial charge is 0.310 e. The van der Waals surface area contributed by atoms with Gasteiger partial charge in [-0.05, 0) is 44.2 Å². The van der Waals surface area contributed by atoms with Gasteiger partial charge in [0.25, 0.3) is 5.91 Å². The predicted octanol–water partition coefficient (Wildman–Crippen LogP) is 3.40. The number of carbonyl (C=O) groups is 1. The first-order valence-electron chi connectivity index (χ1n) is 7.45. The molecule has 0 saturated carbocycles. The van der Waals surface area contributed by atoms with Crippen LogP contribution < -0.4 is 14.8 Å². The van der Waals surface area contributed by atoms with E-state index < -0.39 is 16.9 Å². The molecule has 0 saturated heterocycles. The van der Waals surface area contributed by atoms with Crippen molar-refractivity contribution in [2.45, 2.75) is 20.0 Å². The second-order valence-corrected chi connectivity index (χ2v) is 4.93. The Kier molecular flexibility index (Phi) is 5.73. The highest BCUT2D eigenvalue weighted by atomic mass is 16.6. The summed E-state index contributed by atoms with van der Waals surface area (Å²) in [5.41, 5.74) is 0.402. The monoisotopic (exact) mass is 330 g/mol.